The number of carbonyl (C=O) groups excluding carboxylic acids is 1. The van der Waals surface area contributed by atoms with E-state index in [-0.39, 0.29) is 23.7 Å². The zero-order valence-corrected chi connectivity index (χ0v) is 23.1. The predicted octanol–water partition coefficient (Wildman–Crippen LogP) is 7.09. The van der Waals surface area contributed by atoms with Gasteiger partial charge in [0.25, 0.3) is 5.91 Å². The molecule has 0 atom stereocenters. The molecule has 0 bridgehead atoms. The normalized spacial score (nSPS) is 10.9. The molecule has 0 saturated carbocycles. The van der Waals surface area contributed by atoms with Gasteiger partial charge in [-0.15, -0.1) is 10.2 Å². The number of hydrogen-bond acceptors (Lipinski definition) is 4. The van der Waals surface area contributed by atoms with Crippen molar-refractivity contribution in [1.29, 1.82) is 5.26 Å². The van der Waals surface area contributed by atoms with Crippen molar-refractivity contribution in [2.75, 3.05) is 0 Å². The van der Waals surface area contributed by atoms with E-state index in [0.29, 0.717) is 34.6 Å². The van der Waals surface area contributed by atoms with Crippen LogP contribution in [0.3, 0.4) is 0 Å². The lowest BCUT2D eigenvalue weighted by Crippen LogP contribution is -2.32. The molecule has 210 valence electrons. The summed E-state index contributed by atoms with van der Waals surface area (Å²) in [4.78, 5) is 15.4. The van der Waals surface area contributed by atoms with Crippen LogP contribution >= 0.6 is 11.6 Å². The first-order valence-corrected chi connectivity index (χ1v) is 13.2. The van der Waals surface area contributed by atoms with Gasteiger partial charge in [-0.1, -0.05) is 41.9 Å². The molecule has 0 spiro atoms. The molecule has 1 aromatic heterocycles. The van der Waals surface area contributed by atoms with Gasteiger partial charge in [0.1, 0.15) is 23.8 Å². The number of halogens is 4. The number of carbonyl (C=O) groups is 1. The molecule has 0 unspecified atom stereocenters. The minimum Gasteiger partial charge on any atom is -0.327 e. The highest BCUT2D eigenvalue weighted by molar-refractivity contribution is 6.31. The summed E-state index contributed by atoms with van der Waals surface area (Å²) in [5, 5.41) is 17.2. The Morgan fingerprint density at radius 1 is 0.952 bits per heavy atom. The van der Waals surface area contributed by atoms with Crippen LogP contribution in [0, 0.1) is 35.7 Å². The van der Waals surface area contributed by atoms with Gasteiger partial charge < -0.3 is 9.47 Å². The second-order valence-corrected chi connectivity index (χ2v) is 10.1. The molecule has 0 aliphatic rings. The van der Waals surface area contributed by atoms with Crippen molar-refractivity contribution >= 4 is 17.5 Å². The number of amides is 1. The minimum atomic E-state index is -0.780. The molecule has 1 amide bonds. The maximum atomic E-state index is 14.7. The zero-order chi connectivity index (χ0) is 29.8. The molecule has 10 heteroatoms. The molecule has 5 rings (SSSR count). The summed E-state index contributed by atoms with van der Waals surface area (Å²) in [6.07, 6.45) is 1.52. The fourth-order valence-corrected chi connectivity index (χ4v) is 4.73. The molecule has 0 fully saturated rings. The number of rotatable bonds is 8. The Labute approximate surface area is 245 Å². The summed E-state index contributed by atoms with van der Waals surface area (Å²) >= 11 is 6.01. The van der Waals surface area contributed by atoms with Gasteiger partial charge in [0, 0.05) is 23.7 Å². The molecule has 0 saturated heterocycles. The number of benzene rings is 4. The van der Waals surface area contributed by atoms with E-state index in [1.165, 1.54) is 29.4 Å². The Hall–Kier alpha value is -4.94. The summed E-state index contributed by atoms with van der Waals surface area (Å²) in [5.41, 5.74) is 4.00. The summed E-state index contributed by atoms with van der Waals surface area (Å²) in [6.45, 7) is 2.04. The van der Waals surface area contributed by atoms with E-state index in [9.17, 15) is 18.0 Å². The molecular formula is C32H23ClF3N5O. The Bertz CT molecular complexity index is 1810. The van der Waals surface area contributed by atoms with Crippen LogP contribution in [0.4, 0.5) is 13.2 Å². The van der Waals surface area contributed by atoms with Crippen LogP contribution in [0.25, 0.3) is 11.1 Å². The third kappa shape index (κ3) is 6.35. The lowest BCUT2D eigenvalue weighted by atomic mass is 9.97. The molecular weight excluding hydrogens is 563 g/mol. The third-order valence-corrected chi connectivity index (χ3v) is 7.13. The predicted molar refractivity (Wildman–Crippen MR) is 152 cm³/mol. The smallest absolute Gasteiger partial charge is 0.254 e. The number of aromatic nitrogens is 3. The van der Waals surface area contributed by atoms with Crippen molar-refractivity contribution in [1.82, 2.24) is 19.7 Å². The molecule has 0 aliphatic carbocycles. The average molecular weight is 586 g/mol. The summed E-state index contributed by atoms with van der Waals surface area (Å²) < 4.78 is 43.9. The van der Waals surface area contributed by atoms with Gasteiger partial charge in [0.15, 0.2) is 5.82 Å². The summed E-state index contributed by atoms with van der Waals surface area (Å²) in [7, 11) is 0. The van der Waals surface area contributed by atoms with Crippen LogP contribution in [0.2, 0.25) is 5.02 Å². The van der Waals surface area contributed by atoms with E-state index >= 15 is 0 Å². The topological polar surface area (TPSA) is 74.8 Å². The number of aryl methyl sites for hydroxylation is 1. The monoisotopic (exact) mass is 585 g/mol. The zero-order valence-electron chi connectivity index (χ0n) is 22.4. The van der Waals surface area contributed by atoms with Crippen molar-refractivity contribution in [3.8, 4) is 17.2 Å². The summed E-state index contributed by atoms with van der Waals surface area (Å²) in [5.74, 6) is -2.05. The van der Waals surface area contributed by atoms with Crippen LogP contribution in [0.5, 0.6) is 0 Å². The summed E-state index contributed by atoms with van der Waals surface area (Å²) in [6, 6.07) is 21.8. The van der Waals surface area contributed by atoms with E-state index < -0.39 is 23.4 Å². The fourth-order valence-electron chi connectivity index (χ4n) is 4.55. The molecule has 42 heavy (non-hydrogen) atoms. The fraction of sp³-hybridized carbons (Fsp3) is 0.125. The van der Waals surface area contributed by atoms with Gasteiger partial charge in [0.2, 0.25) is 0 Å². The highest BCUT2D eigenvalue weighted by Crippen LogP contribution is 2.29. The van der Waals surface area contributed by atoms with E-state index in [0.717, 1.165) is 23.3 Å². The third-order valence-electron chi connectivity index (χ3n) is 6.84. The van der Waals surface area contributed by atoms with Crippen molar-refractivity contribution < 1.29 is 18.0 Å². The number of hydrogen-bond donors (Lipinski definition) is 0. The minimum absolute atomic E-state index is 0.0302. The highest BCUT2D eigenvalue weighted by atomic mass is 35.5. The lowest BCUT2D eigenvalue weighted by Gasteiger charge is -2.24. The molecule has 1 heterocycles. The van der Waals surface area contributed by atoms with E-state index in [1.54, 1.807) is 41.0 Å². The molecule has 0 N–H and O–H groups in total. The SMILES string of the molecule is Cc1ccc(C(=O)N(Cc2ccc(F)cc2F)Cc2nncn2Cc2ccc(C#N)cc2)cc1-c1ccc(F)c(Cl)c1. The Balaban J connectivity index is 1.49. The van der Waals surface area contributed by atoms with Crippen LogP contribution < -0.4 is 0 Å². The average Bonchev–Trinajstić information content (AvgIpc) is 3.42. The first-order chi connectivity index (χ1) is 20.2. The molecule has 6 nitrogen and oxygen atoms in total. The standard InChI is InChI=1S/C32H23ClF3N5O/c1-20-2-7-24(12-27(20)23-9-11-29(35)28(33)13-23)32(42)40(17-25-8-10-26(34)14-30(25)36)18-31-39-38-19-41(31)16-22-5-3-21(15-37)4-6-22/h2-14,19H,16-18H2,1H3. The van der Waals surface area contributed by atoms with Gasteiger partial charge >= 0.3 is 0 Å². The van der Waals surface area contributed by atoms with Crippen molar-refractivity contribution in [3.63, 3.8) is 0 Å². The first kappa shape index (κ1) is 28.6. The molecule has 0 radical (unpaired) electrons. The Morgan fingerprint density at radius 3 is 2.45 bits per heavy atom. The highest BCUT2D eigenvalue weighted by Gasteiger charge is 2.22. The Morgan fingerprint density at radius 2 is 1.74 bits per heavy atom. The molecule has 5 aromatic rings. The second kappa shape index (κ2) is 12.3. The van der Waals surface area contributed by atoms with Crippen LogP contribution in [0.15, 0.2) is 85.2 Å². The lowest BCUT2D eigenvalue weighted by molar-refractivity contribution is 0.0722. The van der Waals surface area contributed by atoms with Crippen LogP contribution in [-0.2, 0) is 19.6 Å². The maximum absolute atomic E-state index is 14.7. The van der Waals surface area contributed by atoms with Crippen LogP contribution in [0.1, 0.15) is 38.4 Å². The quantitative estimate of drug-likeness (QED) is 0.195. The number of nitriles is 1. The molecule has 0 aliphatic heterocycles. The van der Waals surface area contributed by atoms with E-state index in [4.69, 9.17) is 16.9 Å². The second-order valence-electron chi connectivity index (χ2n) is 9.74. The van der Waals surface area contributed by atoms with Crippen molar-refractivity contribution in [3.05, 3.63) is 141 Å². The number of nitrogens with zero attached hydrogens (tertiary/aromatic N) is 5. The first-order valence-electron chi connectivity index (χ1n) is 12.9. The largest absolute Gasteiger partial charge is 0.327 e. The Kier molecular flexibility index (Phi) is 8.36. The van der Waals surface area contributed by atoms with E-state index in [2.05, 4.69) is 16.3 Å². The van der Waals surface area contributed by atoms with Crippen molar-refractivity contribution in [2.24, 2.45) is 0 Å². The van der Waals surface area contributed by atoms with Gasteiger partial charge in [-0.3, -0.25) is 4.79 Å². The van der Waals surface area contributed by atoms with Gasteiger partial charge in [0.05, 0.1) is 29.7 Å². The van der Waals surface area contributed by atoms with Crippen LogP contribution in [-0.4, -0.2) is 25.6 Å². The van der Waals surface area contributed by atoms with E-state index in [1.807, 2.05) is 19.1 Å². The molecule has 4 aromatic carbocycles. The van der Waals surface area contributed by atoms with Crippen molar-refractivity contribution in [2.45, 2.75) is 26.6 Å². The van der Waals surface area contributed by atoms with Gasteiger partial charge in [-0.25, -0.2) is 13.2 Å². The maximum Gasteiger partial charge on any atom is 0.254 e. The van der Waals surface area contributed by atoms with Gasteiger partial charge in [-0.05, 0) is 71.6 Å². The van der Waals surface area contributed by atoms with Gasteiger partial charge in [-0.2, -0.15) is 5.26 Å².